The van der Waals surface area contributed by atoms with Crippen LogP contribution in [0.2, 0.25) is 0 Å². The first kappa shape index (κ1) is 17.3. The number of carbonyl (C=O) groups excluding carboxylic acids is 1. The van der Waals surface area contributed by atoms with Crippen LogP contribution in [0.3, 0.4) is 0 Å². The van der Waals surface area contributed by atoms with Crippen LogP contribution in [0.25, 0.3) is 0 Å². The normalized spacial score (nSPS) is 18.7. The zero-order valence-corrected chi connectivity index (χ0v) is 14.1. The van der Waals surface area contributed by atoms with E-state index in [9.17, 15) is 17.6 Å². The van der Waals surface area contributed by atoms with Crippen LogP contribution in [-0.4, -0.2) is 41.8 Å². The molecule has 1 atom stereocenters. The van der Waals surface area contributed by atoms with Crippen molar-refractivity contribution in [1.82, 2.24) is 15.3 Å². The summed E-state index contributed by atoms with van der Waals surface area (Å²) < 4.78 is 36.3. The van der Waals surface area contributed by atoms with Gasteiger partial charge in [0.2, 0.25) is 5.95 Å². The lowest BCUT2D eigenvalue weighted by Gasteiger charge is -2.11. The highest BCUT2D eigenvalue weighted by atomic mass is 32.2. The Kier molecular flexibility index (Phi) is 4.93. The van der Waals surface area contributed by atoms with E-state index in [0.29, 0.717) is 12.0 Å². The zero-order valence-electron chi connectivity index (χ0n) is 13.3. The van der Waals surface area contributed by atoms with Crippen LogP contribution in [-0.2, 0) is 16.4 Å². The summed E-state index contributed by atoms with van der Waals surface area (Å²) in [7, 11) is -3.05. The van der Waals surface area contributed by atoms with E-state index in [1.165, 1.54) is 18.5 Å². The second-order valence-electron chi connectivity index (χ2n) is 5.81. The van der Waals surface area contributed by atoms with Gasteiger partial charge in [0.25, 0.3) is 5.91 Å². The predicted molar refractivity (Wildman–Crippen MR) is 90.3 cm³/mol. The summed E-state index contributed by atoms with van der Waals surface area (Å²) in [6, 6.07) is 5.99. The van der Waals surface area contributed by atoms with Gasteiger partial charge in [-0.2, -0.15) is 0 Å². The van der Waals surface area contributed by atoms with Crippen molar-refractivity contribution in [3.8, 4) is 0 Å². The van der Waals surface area contributed by atoms with Crippen molar-refractivity contribution in [2.75, 3.05) is 16.8 Å². The molecular weight excluding hydrogens is 347 g/mol. The second-order valence-corrected chi connectivity index (χ2v) is 8.04. The first-order valence-corrected chi connectivity index (χ1v) is 9.56. The van der Waals surface area contributed by atoms with Gasteiger partial charge in [-0.15, -0.1) is 0 Å². The molecule has 2 N–H and O–H groups in total. The van der Waals surface area contributed by atoms with E-state index in [0.717, 1.165) is 0 Å². The van der Waals surface area contributed by atoms with E-state index in [1.54, 1.807) is 18.2 Å². The van der Waals surface area contributed by atoms with Crippen molar-refractivity contribution in [3.05, 3.63) is 53.6 Å². The Morgan fingerprint density at radius 1 is 1.24 bits per heavy atom. The molecule has 9 heteroatoms. The lowest BCUT2D eigenvalue weighted by Crippen LogP contribution is -2.35. The van der Waals surface area contributed by atoms with E-state index in [2.05, 4.69) is 20.6 Å². The summed E-state index contributed by atoms with van der Waals surface area (Å²) in [6.45, 7) is 0.220. The topological polar surface area (TPSA) is 101 Å². The highest BCUT2D eigenvalue weighted by molar-refractivity contribution is 7.91. The molecule has 0 radical (unpaired) electrons. The number of anilines is 1. The molecule has 7 nitrogen and oxygen atoms in total. The Balaban J connectivity index is 1.56. The van der Waals surface area contributed by atoms with Gasteiger partial charge < -0.3 is 10.6 Å². The molecule has 1 aromatic carbocycles. The Morgan fingerprint density at radius 3 is 2.60 bits per heavy atom. The fraction of sp³-hybridized carbons (Fsp3) is 0.312. The molecule has 0 bridgehead atoms. The van der Waals surface area contributed by atoms with Gasteiger partial charge in [-0.25, -0.2) is 22.8 Å². The first-order chi connectivity index (χ1) is 11.9. The minimum atomic E-state index is -3.05. The Morgan fingerprint density at radius 2 is 1.96 bits per heavy atom. The molecule has 2 aromatic rings. The van der Waals surface area contributed by atoms with E-state index in [1.807, 2.05) is 0 Å². The third kappa shape index (κ3) is 4.50. The SMILES string of the molecule is O=C(NC1CCS(=O)(=O)C1)c1cnc(NCc2ccccc2F)nc1. The van der Waals surface area contributed by atoms with Gasteiger partial charge in [0.05, 0.1) is 17.1 Å². The number of hydrogen-bond donors (Lipinski definition) is 2. The molecule has 2 heterocycles. The maximum Gasteiger partial charge on any atom is 0.254 e. The minimum Gasteiger partial charge on any atom is -0.350 e. The van der Waals surface area contributed by atoms with Crippen LogP contribution in [0.1, 0.15) is 22.3 Å². The summed E-state index contributed by atoms with van der Waals surface area (Å²) in [5.41, 5.74) is 0.719. The van der Waals surface area contributed by atoms with Gasteiger partial charge >= 0.3 is 0 Å². The third-order valence-corrected chi connectivity index (χ3v) is 5.64. The summed E-state index contributed by atoms with van der Waals surface area (Å²) in [4.78, 5) is 20.1. The van der Waals surface area contributed by atoms with Crippen LogP contribution in [0.5, 0.6) is 0 Å². The number of nitrogens with one attached hydrogen (secondary N) is 2. The van der Waals surface area contributed by atoms with Crippen molar-refractivity contribution in [2.45, 2.75) is 19.0 Å². The number of nitrogens with zero attached hydrogens (tertiary/aromatic N) is 2. The molecular formula is C16H17FN4O3S. The van der Waals surface area contributed by atoms with E-state index in [4.69, 9.17) is 0 Å². The zero-order chi connectivity index (χ0) is 17.9. The van der Waals surface area contributed by atoms with Crippen LogP contribution < -0.4 is 10.6 Å². The molecule has 0 aliphatic carbocycles. The first-order valence-electron chi connectivity index (χ1n) is 7.73. The molecule has 1 fully saturated rings. The average molecular weight is 364 g/mol. The fourth-order valence-corrected chi connectivity index (χ4v) is 4.20. The molecule has 0 spiro atoms. The lowest BCUT2D eigenvalue weighted by atomic mass is 10.2. The monoisotopic (exact) mass is 364 g/mol. The Labute approximate surface area is 144 Å². The predicted octanol–water partition coefficient (Wildman–Crippen LogP) is 1.14. The van der Waals surface area contributed by atoms with Gasteiger partial charge in [0, 0.05) is 30.5 Å². The maximum absolute atomic E-state index is 13.5. The fourth-order valence-electron chi connectivity index (χ4n) is 2.53. The number of benzene rings is 1. The van der Waals surface area contributed by atoms with Crippen molar-refractivity contribution < 1.29 is 17.6 Å². The van der Waals surface area contributed by atoms with Crippen molar-refractivity contribution in [2.24, 2.45) is 0 Å². The molecule has 1 amide bonds. The van der Waals surface area contributed by atoms with Crippen LogP contribution >= 0.6 is 0 Å². The number of sulfone groups is 1. The van der Waals surface area contributed by atoms with E-state index in [-0.39, 0.29) is 41.4 Å². The number of rotatable bonds is 5. The summed E-state index contributed by atoms with van der Waals surface area (Å²) >= 11 is 0. The number of hydrogen-bond acceptors (Lipinski definition) is 6. The van der Waals surface area contributed by atoms with E-state index >= 15 is 0 Å². The quantitative estimate of drug-likeness (QED) is 0.825. The summed E-state index contributed by atoms with van der Waals surface area (Å²) in [5.74, 6) is -0.418. The van der Waals surface area contributed by atoms with Crippen LogP contribution in [0.15, 0.2) is 36.7 Å². The summed E-state index contributed by atoms with van der Waals surface area (Å²) in [6.07, 6.45) is 3.10. The van der Waals surface area contributed by atoms with Crippen LogP contribution in [0.4, 0.5) is 10.3 Å². The Bertz CT molecular complexity index is 871. The number of aromatic nitrogens is 2. The molecule has 25 heavy (non-hydrogen) atoms. The summed E-state index contributed by atoms with van der Waals surface area (Å²) in [5, 5.41) is 5.55. The highest BCUT2D eigenvalue weighted by Crippen LogP contribution is 2.12. The molecule has 1 unspecified atom stereocenters. The van der Waals surface area contributed by atoms with Gasteiger partial charge in [0.1, 0.15) is 5.82 Å². The average Bonchev–Trinajstić information content (AvgIpc) is 2.93. The lowest BCUT2D eigenvalue weighted by molar-refractivity contribution is 0.0940. The van der Waals surface area contributed by atoms with Gasteiger partial charge in [-0.3, -0.25) is 4.79 Å². The van der Waals surface area contributed by atoms with Gasteiger partial charge in [-0.05, 0) is 12.5 Å². The molecule has 132 valence electrons. The number of carbonyl (C=O) groups is 1. The molecule has 0 saturated carbocycles. The molecule has 3 rings (SSSR count). The smallest absolute Gasteiger partial charge is 0.254 e. The number of halogens is 1. The van der Waals surface area contributed by atoms with Crippen molar-refractivity contribution in [1.29, 1.82) is 0 Å². The van der Waals surface area contributed by atoms with Gasteiger partial charge in [-0.1, -0.05) is 18.2 Å². The number of amides is 1. The minimum absolute atomic E-state index is 0.0398. The van der Waals surface area contributed by atoms with Crippen molar-refractivity contribution in [3.63, 3.8) is 0 Å². The van der Waals surface area contributed by atoms with E-state index < -0.39 is 15.7 Å². The Hall–Kier alpha value is -2.55. The second kappa shape index (κ2) is 7.14. The molecule has 1 aromatic heterocycles. The van der Waals surface area contributed by atoms with Crippen molar-refractivity contribution >= 4 is 21.7 Å². The van der Waals surface area contributed by atoms with Crippen LogP contribution in [0, 0.1) is 5.82 Å². The largest absolute Gasteiger partial charge is 0.350 e. The maximum atomic E-state index is 13.5. The third-order valence-electron chi connectivity index (χ3n) is 3.88. The highest BCUT2D eigenvalue weighted by Gasteiger charge is 2.29. The molecule has 1 aliphatic heterocycles. The molecule has 1 aliphatic rings. The molecule has 1 saturated heterocycles. The van der Waals surface area contributed by atoms with Gasteiger partial charge in [0.15, 0.2) is 9.84 Å². The standard InChI is InChI=1S/C16H17FN4O3S/c17-14-4-2-1-3-11(14)7-18-16-19-8-12(9-20-16)15(22)21-13-5-6-25(23,24)10-13/h1-4,8-9,13H,5-7,10H2,(H,21,22)(H,18,19,20).